The maximum atomic E-state index is 12.8. The van der Waals surface area contributed by atoms with Crippen LogP contribution in [-0.2, 0) is 16.6 Å². The minimum absolute atomic E-state index is 0.256. The first-order chi connectivity index (χ1) is 11.4. The predicted molar refractivity (Wildman–Crippen MR) is 97.0 cm³/mol. The Labute approximate surface area is 151 Å². The number of rotatable bonds is 7. The highest BCUT2D eigenvalue weighted by atomic mass is 79.9. The molecule has 0 spiro atoms. The Balaban J connectivity index is 2.32. The van der Waals surface area contributed by atoms with Crippen LogP contribution in [0.3, 0.4) is 0 Å². The van der Waals surface area contributed by atoms with E-state index in [2.05, 4.69) is 15.9 Å². The van der Waals surface area contributed by atoms with Gasteiger partial charge in [0.25, 0.3) is 0 Å². The Morgan fingerprint density at radius 2 is 1.75 bits per heavy atom. The summed E-state index contributed by atoms with van der Waals surface area (Å²) in [5.74, 6) is 1.19. The molecule has 7 heteroatoms. The van der Waals surface area contributed by atoms with E-state index < -0.39 is 10.0 Å². The van der Waals surface area contributed by atoms with Gasteiger partial charge in [-0.25, -0.2) is 8.42 Å². The maximum absolute atomic E-state index is 12.8. The van der Waals surface area contributed by atoms with Crippen molar-refractivity contribution in [1.82, 2.24) is 4.31 Å². The summed E-state index contributed by atoms with van der Waals surface area (Å²) >= 11 is 3.31. The lowest BCUT2D eigenvalue weighted by atomic mass is 10.2. The molecule has 5 nitrogen and oxygen atoms in total. The summed E-state index contributed by atoms with van der Waals surface area (Å²) in [5, 5.41) is 0. The second kappa shape index (κ2) is 8.00. The van der Waals surface area contributed by atoms with Gasteiger partial charge in [0.2, 0.25) is 10.0 Å². The van der Waals surface area contributed by atoms with Crippen LogP contribution < -0.4 is 9.47 Å². The molecule has 0 aromatic heterocycles. The second-order valence-corrected chi connectivity index (χ2v) is 7.93. The molecule has 0 saturated heterocycles. The molecule has 0 unspecified atom stereocenters. The van der Waals surface area contributed by atoms with Gasteiger partial charge in [-0.05, 0) is 35.9 Å². The number of methoxy groups -OCH3 is 2. The van der Waals surface area contributed by atoms with Gasteiger partial charge in [-0.15, -0.1) is 0 Å². The second-order valence-electron chi connectivity index (χ2n) is 5.08. The number of nitrogens with zero attached hydrogens (tertiary/aromatic N) is 1. The van der Waals surface area contributed by atoms with Crippen molar-refractivity contribution in [3.8, 4) is 11.5 Å². The maximum Gasteiger partial charge on any atom is 0.243 e. The highest BCUT2D eigenvalue weighted by molar-refractivity contribution is 9.10. The molecule has 0 aliphatic rings. The van der Waals surface area contributed by atoms with Crippen LogP contribution in [0.25, 0.3) is 0 Å². The Kier molecular flexibility index (Phi) is 6.26. The Morgan fingerprint density at radius 1 is 1.04 bits per heavy atom. The zero-order chi connectivity index (χ0) is 17.7. The first-order valence-corrected chi connectivity index (χ1v) is 9.62. The van der Waals surface area contributed by atoms with Gasteiger partial charge in [-0.2, -0.15) is 4.31 Å². The molecule has 0 saturated carbocycles. The lowest BCUT2D eigenvalue weighted by Gasteiger charge is -2.21. The van der Waals surface area contributed by atoms with E-state index in [1.54, 1.807) is 50.6 Å². The summed E-state index contributed by atoms with van der Waals surface area (Å²) in [5.41, 5.74) is 0.827. The molecule has 0 aliphatic heterocycles. The minimum Gasteiger partial charge on any atom is -0.493 e. The molecule has 0 amide bonds. The van der Waals surface area contributed by atoms with E-state index >= 15 is 0 Å². The fourth-order valence-electron chi connectivity index (χ4n) is 2.33. The SMILES string of the molecule is CCN(Cc1ccc(OC)c(OC)c1)S(=O)(=O)c1cccc(Br)c1. The van der Waals surface area contributed by atoms with Crippen molar-refractivity contribution in [2.45, 2.75) is 18.4 Å². The van der Waals surface area contributed by atoms with Crippen LogP contribution in [0.15, 0.2) is 51.8 Å². The first kappa shape index (κ1) is 18.8. The third kappa shape index (κ3) is 4.09. The van der Waals surface area contributed by atoms with E-state index in [1.807, 2.05) is 13.0 Å². The highest BCUT2D eigenvalue weighted by Crippen LogP contribution is 2.29. The number of benzene rings is 2. The van der Waals surface area contributed by atoms with Crippen LogP contribution in [0.5, 0.6) is 11.5 Å². The highest BCUT2D eigenvalue weighted by Gasteiger charge is 2.23. The minimum atomic E-state index is -3.58. The molecule has 0 heterocycles. The van der Waals surface area contributed by atoms with Crippen molar-refractivity contribution < 1.29 is 17.9 Å². The molecule has 0 aliphatic carbocycles. The third-order valence-corrected chi connectivity index (χ3v) is 6.00. The predicted octanol–water partition coefficient (Wildman–Crippen LogP) is 3.68. The van der Waals surface area contributed by atoms with Crippen molar-refractivity contribution >= 4 is 26.0 Å². The van der Waals surface area contributed by atoms with E-state index in [0.29, 0.717) is 18.0 Å². The standard InChI is InChI=1S/C17H20BrNO4S/c1-4-19(24(20,21)15-7-5-6-14(18)11-15)12-13-8-9-16(22-2)17(10-13)23-3/h5-11H,4,12H2,1-3H3. The van der Waals surface area contributed by atoms with E-state index in [4.69, 9.17) is 9.47 Å². The van der Waals surface area contributed by atoms with E-state index in [0.717, 1.165) is 10.0 Å². The molecular weight excluding hydrogens is 394 g/mol. The van der Waals surface area contributed by atoms with Crippen molar-refractivity contribution in [3.05, 3.63) is 52.5 Å². The largest absolute Gasteiger partial charge is 0.493 e. The molecule has 2 rings (SSSR count). The zero-order valence-electron chi connectivity index (χ0n) is 13.8. The Hall–Kier alpha value is -1.57. The molecule has 0 bridgehead atoms. The van der Waals surface area contributed by atoms with Crippen molar-refractivity contribution in [2.75, 3.05) is 20.8 Å². The molecule has 2 aromatic carbocycles. The lowest BCUT2D eigenvalue weighted by Crippen LogP contribution is -2.30. The van der Waals surface area contributed by atoms with Crippen molar-refractivity contribution in [2.24, 2.45) is 0 Å². The topological polar surface area (TPSA) is 55.8 Å². The summed E-state index contributed by atoms with van der Waals surface area (Å²) < 4.78 is 38.3. The zero-order valence-corrected chi connectivity index (χ0v) is 16.2. The molecule has 130 valence electrons. The van der Waals surface area contributed by atoms with Gasteiger partial charge in [0.05, 0.1) is 19.1 Å². The molecule has 0 atom stereocenters. The van der Waals surface area contributed by atoms with Gasteiger partial charge in [0, 0.05) is 17.6 Å². The number of hydrogen-bond donors (Lipinski definition) is 0. The normalized spacial score (nSPS) is 11.5. The fraction of sp³-hybridized carbons (Fsp3) is 0.294. The average Bonchev–Trinajstić information content (AvgIpc) is 2.59. The van der Waals surface area contributed by atoms with Crippen LogP contribution in [0.1, 0.15) is 12.5 Å². The Morgan fingerprint density at radius 3 is 2.33 bits per heavy atom. The van der Waals surface area contributed by atoms with E-state index in [1.165, 1.54) is 4.31 Å². The third-order valence-electron chi connectivity index (χ3n) is 3.59. The van der Waals surface area contributed by atoms with Gasteiger partial charge in [0.15, 0.2) is 11.5 Å². The summed E-state index contributed by atoms with van der Waals surface area (Å²) in [6, 6.07) is 12.1. The van der Waals surface area contributed by atoms with E-state index in [9.17, 15) is 8.42 Å². The van der Waals surface area contributed by atoms with Gasteiger partial charge >= 0.3 is 0 Å². The van der Waals surface area contributed by atoms with Crippen molar-refractivity contribution in [3.63, 3.8) is 0 Å². The molecule has 24 heavy (non-hydrogen) atoms. The van der Waals surface area contributed by atoms with Crippen LogP contribution >= 0.6 is 15.9 Å². The number of hydrogen-bond acceptors (Lipinski definition) is 4. The number of ether oxygens (including phenoxy) is 2. The monoisotopic (exact) mass is 413 g/mol. The molecule has 0 radical (unpaired) electrons. The van der Waals surface area contributed by atoms with Crippen LogP contribution in [0, 0.1) is 0 Å². The van der Waals surface area contributed by atoms with Crippen LogP contribution in [0.2, 0.25) is 0 Å². The van der Waals surface area contributed by atoms with Gasteiger partial charge in [0.1, 0.15) is 0 Å². The lowest BCUT2D eigenvalue weighted by molar-refractivity contribution is 0.353. The number of sulfonamides is 1. The average molecular weight is 414 g/mol. The van der Waals surface area contributed by atoms with Gasteiger partial charge < -0.3 is 9.47 Å². The molecule has 0 N–H and O–H groups in total. The number of halogens is 1. The summed E-state index contributed by atoms with van der Waals surface area (Å²) in [6.45, 7) is 2.44. The molecule has 2 aromatic rings. The van der Waals surface area contributed by atoms with Gasteiger partial charge in [-0.3, -0.25) is 0 Å². The van der Waals surface area contributed by atoms with Gasteiger partial charge in [-0.1, -0.05) is 35.0 Å². The quantitative estimate of drug-likeness (QED) is 0.694. The molecular formula is C17H20BrNO4S. The first-order valence-electron chi connectivity index (χ1n) is 7.39. The Bertz CT molecular complexity index is 808. The van der Waals surface area contributed by atoms with E-state index in [-0.39, 0.29) is 11.4 Å². The van der Waals surface area contributed by atoms with Crippen molar-refractivity contribution in [1.29, 1.82) is 0 Å². The smallest absolute Gasteiger partial charge is 0.243 e. The fourth-order valence-corrected chi connectivity index (χ4v) is 4.36. The van der Waals surface area contributed by atoms with Crippen LogP contribution in [-0.4, -0.2) is 33.5 Å². The van der Waals surface area contributed by atoms with Crippen LogP contribution in [0.4, 0.5) is 0 Å². The molecule has 0 fully saturated rings. The summed E-state index contributed by atoms with van der Waals surface area (Å²) in [4.78, 5) is 0.263. The summed E-state index contributed by atoms with van der Waals surface area (Å²) in [6.07, 6.45) is 0. The summed E-state index contributed by atoms with van der Waals surface area (Å²) in [7, 11) is -0.460.